The predicted octanol–water partition coefficient (Wildman–Crippen LogP) is 1.00. The van der Waals surface area contributed by atoms with E-state index in [4.69, 9.17) is 5.73 Å². The number of pyridine rings is 1. The molecule has 0 unspecified atom stereocenters. The van der Waals surface area contributed by atoms with Crippen LogP contribution in [0.2, 0.25) is 0 Å². The third-order valence-electron chi connectivity index (χ3n) is 1.95. The van der Waals surface area contributed by atoms with Crippen LogP contribution in [0.4, 0.5) is 5.69 Å². The zero-order valence-corrected chi connectivity index (χ0v) is 8.40. The molecule has 1 atom stereocenters. The van der Waals surface area contributed by atoms with Gasteiger partial charge < -0.3 is 11.1 Å². The molecule has 1 heterocycles. The molecule has 3 N–H and O–H groups in total. The highest BCUT2D eigenvalue weighted by Gasteiger charge is 2.16. The van der Waals surface area contributed by atoms with Crippen molar-refractivity contribution in [3.8, 4) is 0 Å². The van der Waals surface area contributed by atoms with Gasteiger partial charge in [-0.1, -0.05) is 13.8 Å². The van der Waals surface area contributed by atoms with Crippen LogP contribution in [0.15, 0.2) is 24.5 Å². The number of aromatic nitrogens is 1. The minimum atomic E-state index is -0.477. The van der Waals surface area contributed by atoms with Crippen molar-refractivity contribution in [2.75, 3.05) is 5.32 Å². The Morgan fingerprint density at radius 2 is 2.29 bits per heavy atom. The first kappa shape index (κ1) is 10.7. The topological polar surface area (TPSA) is 68.0 Å². The molecule has 14 heavy (non-hydrogen) atoms. The number of hydrogen-bond donors (Lipinski definition) is 2. The van der Waals surface area contributed by atoms with Crippen LogP contribution in [-0.2, 0) is 4.79 Å². The molecule has 0 fully saturated rings. The van der Waals surface area contributed by atoms with Gasteiger partial charge in [0, 0.05) is 6.20 Å². The molecule has 1 rings (SSSR count). The molecule has 76 valence electrons. The third kappa shape index (κ3) is 2.81. The van der Waals surface area contributed by atoms with Crippen molar-refractivity contribution in [1.82, 2.24) is 4.98 Å². The normalized spacial score (nSPS) is 12.6. The Morgan fingerprint density at radius 1 is 1.57 bits per heavy atom. The molecule has 0 aliphatic rings. The summed E-state index contributed by atoms with van der Waals surface area (Å²) in [6, 6.07) is 3.06. The summed E-state index contributed by atoms with van der Waals surface area (Å²) in [6.07, 6.45) is 3.24. The Balaban J connectivity index is 2.58. The lowest BCUT2D eigenvalue weighted by molar-refractivity contribution is -0.118. The molecule has 1 aromatic rings. The smallest absolute Gasteiger partial charge is 0.241 e. The Labute approximate surface area is 83.5 Å². The zero-order valence-electron chi connectivity index (χ0n) is 8.40. The maximum absolute atomic E-state index is 11.5. The van der Waals surface area contributed by atoms with Gasteiger partial charge in [0.15, 0.2) is 0 Å². The standard InChI is InChI=1S/C10H15N3O/c1-7(2)9(11)10(14)13-8-4-3-5-12-6-8/h3-7,9H,11H2,1-2H3,(H,13,14)/t9-/m0/s1. The summed E-state index contributed by atoms with van der Waals surface area (Å²) in [7, 11) is 0. The average Bonchev–Trinajstić information content (AvgIpc) is 2.18. The van der Waals surface area contributed by atoms with E-state index in [0.29, 0.717) is 5.69 Å². The van der Waals surface area contributed by atoms with E-state index in [1.807, 2.05) is 13.8 Å². The third-order valence-corrected chi connectivity index (χ3v) is 1.95. The zero-order chi connectivity index (χ0) is 10.6. The van der Waals surface area contributed by atoms with Gasteiger partial charge >= 0.3 is 0 Å². The fraction of sp³-hybridized carbons (Fsp3) is 0.400. The number of carbonyl (C=O) groups is 1. The predicted molar refractivity (Wildman–Crippen MR) is 55.7 cm³/mol. The van der Waals surface area contributed by atoms with E-state index >= 15 is 0 Å². The van der Waals surface area contributed by atoms with E-state index in [-0.39, 0.29) is 11.8 Å². The van der Waals surface area contributed by atoms with Crippen LogP contribution < -0.4 is 11.1 Å². The molecule has 4 heteroatoms. The first-order valence-electron chi connectivity index (χ1n) is 4.57. The second-order valence-electron chi connectivity index (χ2n) is 3.50. The van der Waals surface area contributed by atoms with Crippen LogP contribution in [0.25, 0.3) is 0 Å². The number of amides is 1. The second kappa shape index (κ2) is 4.72. The number of nitrogens with one attached hydrogen (secondary N) is 1. The largest absolute Gasteiger partial charge is 0.323 e. The van der Waals surface area contributed by atoms with Gasteiger partial charge in [0.25, 0.3) is 0 Å². The van der Waals surface area contributed by atoms with Crippen LogP contribution in [0, 0.1) is 5.92 Å². The number of rotatable bonds is 3. The summed E-state index contributed by atoms with van der Waals surface area (Å²) in [5.74, 6) is -0.0420. The lowest BCUT2D eigenvalue weighted by Gasteiger charge is -2.14. The summed E-state index contributed by atoms with van der Waals surface area (Å²) in [5, 5.41) is 2.70. The van der Waals surface area contributed by atoms with Crippen molar-refractivity contribution in [3.63, 3.8) is 0 Å². The van der Waals surface area contributed by atoms with Gasteiger partial charge in [-0.15, -0.1) is 0 Å². The number of carbonyl (C=O) groups excluding carboxylic acids is 1. The molecule has 0 spiro atoms. The van der Waals surface area contributed by atoms with Gasteiger partial charge in [0.2, 0.25) is 5.91 Å². The Bertz CT molecular complexity index is 297. The molecule has 0 aliphatic heterocycles. The van der Waals surface area contributed by atoms with E-state index in [1.54, 1.807) is 24.5 Å². The molecular weight excluding hydrogens is 178 g/mol. The lowest BCUT2D eigenvalue weighted by Crippen LogP contribution is -2.39. The van der Waals surface area contributed by atoms with Gasteiger partial charge in [0.05, 0.1) is 17.9 Å². The van der Waals surface area contributed by atoms with Crippen molar-refractivity contribution in [1.29, 1.82) is 0 Å². The van der Waals surface area contributed by atoms with Crippen molar-refractivity contribution >= 4 is 11.6 Å². The van der Waals surface area contributed by atoms with Crippen LogP contribution in [-0.4, -0.2) is 16.9 Å². The van der Waals surface area contributed by atoms with Crippen molar-refractivity contribution in [2.45, 2.75) is 19.9 Å². The van der Waals surface area contributed by atoms with E-state index in [9.17, 15) is 4.79 Å². The van der Waals surface area contributed by atoms with E-state index < -0.39 is 6.04 Å². The molecule has 0 radical (unpaired) electrons. The summed E-state index contributed by atoms with van der Waals surface area (Å²) >= 11 is 0. The van der Waals surface area contributed by atoms with Gasteiger partial charge in [0.1, 0.15) is 0 Å². The van der Waals surface area contributed by atoms with E-state index in [0.717, 1.165) is 0 Å². The second-order valence-corrected chi connectivity index (χ2v) is 3.50. The van der Waals surface area contributed by atoms with Gasteiger partial charge in [-0.3, -0.25) is 9.78 Å². The molecule has 0 bridgehead atoms. The van der Waals surface area contributed by atoms with E-state index in [2.05, 4.69) is 10.3 Å². The maximum Gasteiger partial charge on any atom is 0.241 e. The average molecular weight is 193 g/mol. The van der Waals surface area contributed by atoms with Crippen LogP contribution >= 0.6 is 0 Å². The molecule has 0 saturated carbocycles. The number of nitrogens with zero attached hydrogens (tertiary/aromatic N) is 1. The van der Waals surface area contributed by atoms with Crippen LogP contribution in [0.1, 0.15) is 13.8 Å². The monoisotopic (exact) mass is 193 g/mol. The number of nitrogens with two attached hydrogens (primary N) is 1. The van der Waals surface area contributed by atoms with Crippen LogP contribution in [0.5, 0.6) is 0 Å². The quantitative estimate of drug-likeness (QED) is 0.752. The minimum absolute atomic E-state index is 0.131. The van der Waals surface area contributed by atoms with Gasteiger partial charge in [-0.25, -0.2) is 0 Å². The number of hydrogen-bond acceptors (Lipinski definition) is 3. The summed E-state index contributed by atoms with van der Waals surface area (Å²) in [5.41, 5.74) is 6.35. The molecule has 1 aromatic heterocycles. The fourth-order valence-electron chi connectivity index (χ4n) is 0.965. The van der Waals surface area contributed by atoms with Gasteiger partial charge in [-0.05, 0) is 18.1 Å². The summed E-state index contributed by atoms with van der Waals surface area (Å²) in [4.78, 5) is 15.4. The molecule has 0 saturated heterocycles. The Morgan fingerprint density at radius 3 is 2.79 bits per heavy atom. The molecule has 4 nitrogen and oxygen atoms in total. The Kier molecular flexibility index (Phi) is 3.59. The first-order chi connectivity index (χ1) is 6.61. The maximum atomic E-state index is 11.5. The van der Waals surface area contributed by atoms with Crippen LogP contribution in [0.3, 0.4) is 0 Å². The van der Waals surface area contributed by atoms with Crippen molar-refractivity contribution in [2.24, 2.45) is 11.7 Å². The fourth-order valence-corrected chi connectivity index (χ4v) is 0.965. The molecule has 0 aromatic carbocycles. The highest BCUT2D eigenvalue weighted by Crippen LogP contribution is 2.05. The first-order valence-corrected chi connectivity index (χ1v) is 4.57. The summed E-state index contributed by atoms with van der Waals surface area (Å²) < 4.78 is 0. The Hall–Kier alpha value is -1.42. The molecule has 0 aliphatic carbocycles. The SMILES string of the molecule is CC(C)[C@H](N)C(=O)Nc1cccnc1. The highest BCUT2D eigenvalue weighted by atomic mass is 16.2. The minimum Gasteiger partial charge on any atom is -0.323 e. The lowest BCUT2D eigenvalue weighted by atomic mass is 10.1. The molecular formula is C10H15N3O. The van der Waals surface area contributed by atoms with Crippen molar-refractivity contribution < 1.29 is 4.79 Å². The van der Waals surface area contributed by atoms with Gasteiger partial charge in [-0.2, -0.15) is 0 Å². The van der Waals surface area contributed by atoms with Crippen molar-refractivity contribution in [3.05, 3.63) is 24.5 Å². The van der Waals surface area contributed by atoms with E-state index in [1.165, 1.54) is 0 Å². The molecule has 1 amide bonds. The highest BCUT2D eigenvalue weighted by molar-refractivity contribution is 5.94. The number of anilines is 1. The summed E-state index contributed by atoms with van der Waals surface area (Å²) in [6.45, 7) is 3.82.